The van der Waals surface area contributed by atoms with Crippen LogP contribution in [-0.2, 0) is 14.8 Å². The number of halogens is 1. The van der Waals surface area contributed by atoms with E-state index < -0.39 is 27.7 Å². The van der Waals surface area contributed by atoms with E-state index in [1.165, 1.54) is 78.7 Å². The minimum Gasteiger partial charge on any atom is -0.486 e. The predicted molar refractivity (Wildman–Crippen MR) is 127 cm³/mol. The number of fused-ring (bicyclic) bond motifs is 1. The maximum atomic E-state index is 13.3. The first-order chi connectivity index (χ1) is 16.7. The number of amides is 2. The van der Waals surface area contributed by atoms with Gasteiger partial charge in [0.05, 0.1) is 11.4 Å². The molecule has 0 radical (unpaired) electrons. The summed E-state index contributed by atoms with van der Waals surface area (Å²) in [5.74, 6) is -0.593. The van der Waals surface area contributed by atoms with E-state index in [0.717, 1.165) is 0 Å². The molecule has 3 aromatic carbocycles. The number of rotatable bonds is 7. The SMILES string of the molecule is CN(CC(=O)Nc1cccc(F)c1)C(=O)c1ccc(NS(=O)(=O)c2ccc3c(c2)OCCO3)cc1. The molecule has 1 aliphatic rings. The van der Waals surface area contributed by atoms with Gasteiger partial charge in [-0.25, -0.2) is 12.8 Å². The lowest BCUT2D eigenvalue weighted by molar-refractivity contribution is -0.116. The highest BCUT2D eigenvalue weighted by atomic mass is 32.2. The minimum atomic E-state index is -3.91. The first-order valence-electron chi connectivity index (χ1n) is 10.5. The molecule has 0 spiro atoms. The Hall–Kier alpha value is -4.12. The molecule has 0 saturated carbocycles. The first-order valence-corrected chi connectivity index (χ1v) is 12.0. The number of anilines is 2. The molecule has 2 N–H and O–H groups in total. The molecule has 4 rings (SSSR count). The van der Waals surface area contributed by atoms with Crippen molar-refractivity contribution in [2.75, 3.05) is 36.8 Å². The van der Waals surface area contributed by atoms with Gasteiger partial charge in [-0.15, -0.1) is 0 Å². The second-order valence-corrected chi connectivity index (χ2v) is 9.39. The average molecular weight is 500 g/mol. The molecule has 1 aliphatic heterocycles. The topological polar surface area (TPSA) is 114 Å². The highest BCUT2D eigenvalue weighted by molar-refractivity contribution is 7.92. The van der Waals surface area contributed by atoms with Crippen molar-refractivity contribution in [2.24, 2.45) is 0 Å². The molecule has 0 unspecified atom stereocenters. The number of carbonyl (C=O) groups excluding carboxylic acids is 2. The number of ether oxygens (including phenoxy) is 2. The molecule has 0 atom stereocenters. The molecule has 0 aliphatic carbocycles. The van der Waals surface area contributed by atoms with Crippen molar-refractivity contribution < 1.29 is 31.9 Å². The van der Waals surface area contributed by atoms with Gasteiger partial charge in [0.15, 0.2) is 11.5 Å². The van der Waals surface area contributed by atoms with Crippen LogP contribution < -0.4 is 19.5 Å². The van der Waals surface area contributed by atoms with Crippen LogP contribution in [0.5, 0.6) is 11.5 Å². The molecule has 0 aromatic heterocycles. The van der Waals surface area contributed by atoms with Crippen LogP contribution in [0.2, 0.25) is 0 Å². The van der Waals surface area contributed by atoms with Crippen LogP contribution >= 0.6 is 0 Å². The van der Waals surface area contributed by atoms with Crippen molar-refractivity contribution in [2.45, 2.75) is 4.90 Å². The summed E-state index contributed by atoms with van der Waals surface area (Å²) < 4.78 is 52.1. The first kappa shape index (κ1) is 24.0. The zero-order chi connectivity index (χ0) is 25.0. The maximum absolute atomic E-state index is 13.3. The summed E-state index contributed by atoms with van der Waals surface area (Å²) in [6, 6.07) is 15.6. The van der Waals surface area contributed by atoms with Gasteiger partial charge in [-0.1, -0.05) is 6.07 Å². The van der Waals surface area contributed by atoms with E-state index >= 15 is 0 Å². The van der Waals surface area contributed by atoms with E-state index in [2.05, 4.69) is 10.0 Å². The second-order valence-electron chi connectivity index (χ2n) is 7.71. The second kappa shape index (κ2) is 10.0. The summed E-state index contributed by atoms with van der Waals surface area (Å²) in [5.41, 5.74) is 0.793. The van der Waals surface area contributed by atoms with E-state index in [0.29, 0.717) is 24.7 Å². The molecule has 0 saturated heterocycles. The largest absolute Gasteiger partial charge is 0.486 e. The molecule has 2 amide bonds. The summed E-state index contributed by atoms with van der Waals surface area (Å²) in [5, 5.41) is 2.52. The van der Waals surface area contributed by atoms with Crippen molar-refractivity contribution in [3.8, 4) is 11.5 Å². The summed E-state index contributed by atoms with van der Waals surface area (Å²) in [7, 11) is -2.46. The molecule has 1 heterocycles. The van der Waals surface area contributed by atoms with E-state index in [9.17, 15) is 22.4 Å². The Balaban J connectivity index is 1.38. The number of benzene rings is 3. The predicted octanol–water partition coefficient (Wildman–Crippen LogP) is 3.11. The van der Waals surface area contributed by atoms with Crippen molar-refractivity contribution in [1.82, 2.24) is 4.90 Å². The highest BCUT2D eigenvalue weighted by Crippen LogP contribution is 2.32. The molecular weight excluding hydrogens is 477 g/mol. The zero-order valence-electron chi connectivity index (χ0n) is 18.7. The fourth-order valence-electron chi connectivity index (χ4n) is 3.36. The Kier molecular flexibility index (Phi) is 6.87. The van der Waals surface area contributed by atoms with E-state index in [4.69, 9.17) is 9.47 Å². The smallest absolute Gasteiger partial charge is 0.262 e. The normalized spacial score (nSPS) is 12.5. The third-order valence-electron chi connectivity index (χ3n) is 5.04. The average Bonchev–Trinajstić information content (AvgIpc) is 2.83. The van der Waals surface area contributed by atoms with Crippen LogP contribution in [-0.4, -0.2) is 51.9 Å². The van der Waals surface area contributed by atoms with Gasteiger partial charge in [0.1, 0.15) is 19.0 Å². The Morgan fingerprint density at radius 2 is 1.66 bits per heavy atom. The van der Waals surface area contributed by atoms with Crippen molar-refractivity contribution in [3.05, 3.63) is 78.1 Å². The van der Waals surface area contributed by atoms with Gasteiger partial charge < -0.3 is 19.7 Å². The van der Waals surface area contributed by atoms with E-state index in [1.54, 1.807) is 0 Å². The van der Waals surface area contributed by atoms with Crippen LogP contribution in [0.4, 0.5) is 15.8 Å². The van der Waals surface area contributed by atoms with E-state index in [1.807, 2.05) is 0 Å². The van der Waals surface area contributed by atoms with Gasteiger partial charge >= 0.3 is 0 Å². The fourth-order valence-corrected chi connectivity index (χ4v) is 4.43. The number of hydrogen-bond donors (Lipinski definition) is 2. The minimum absolute atomic E-state index is 0.00551. The van der Waals surface area contributed by atoms with Crippen molar-refractivity contribution >= 4 is 33.2 Å². The Morgan fingerprint density at radius 3 is 2.37 bits per heavy atom. The summed E-state index contributed by atoms with van der Waals surface area (Å²) in [6.45, 7) is 0.476. The lowest BCUT2D eigenvalue weighted by Gasteiger charge is -2.19. The summed E-state index contributed by atoms with van der Waals surface area (Å²) in [4.78, 5) is 26.0. The molecular formula is C24H22FN3O6S. The quantitative estimate of drug-likeness (QED) is 0.517. The van der Waals surface area contributed by atoms with Crippen molar-refractivity contribution in [3.63, 3.8) is 0 Å². The van der Waals surface area contributed by atoms with Gasteiger partial charge in [0.25, 0.3) is 15.9 Å². The van der Waals surface area contributed by atoms with Crippen LogP contribution in [0.3, 0.4) is 0 Å². The number of carbonyl (C=O) groups is 2. The Bertz CT molecular complexity index is 1360. The van der Waals surface area contributed by atoms with Gasteiger partial charge in [0.2, 0.25) is 5.91 Å². The summed E-state index contributed by atoms with van der Waals surface area (Å²) >= 11 is 0. The molecule has 11 heteroatoms. The fraction of sp³-hybridized carbons (Fsp3) is 0.167. The highest BCUT2D eigenvalue weighted by Gasteiger charge is 2.20. The number of nitrogens with one attached hydrogen (secondary N) is 2. The lowest BCUT2D eigenvalue weighted by Crippen LogP contribution is -2.34. The van der Waals surface area contributed by atoms with Crippen LogP contribution in [0.1, 0.15) is 10.4 Å². The number of nitrogens with zero attached hydrogens (tertiary/aromatic N) is 1. The van der Waals surface area contributed by atoms with Gasteiger partial charge in [0, 0.05) is 30.1 Å². The molecule has 35 heavy (non-hydrogen) atoms. The maximum Gasteiger partial charge on any atom is 0.262 e. The molecule has 3 aromatic rings. The Morgan fingerprint density at radius 1 is 0.943 bits per heavy atom. The molecule has 182 valence electrons. The summed E-state index contributed by atoms with van der Waals surface area (Å²) in [6.07, 6.45) is 0. The van der Waals surface area contributed by atoms with Gasteiger partial charge in [-0.3, -0.25) is 14.3 Å². The third-order valence-corrected chi connectivity index (χ3v) is 6.42. The monoisotopic (exact) mass is 499 g/mol. The van der Waals surface area contributed by atoms with Crippen molar-refractivity contribution in [1.29, 1.82) is 0 Å². The number of hydrogen-bond acceptors (Lipinski definition) is 6. The standard InChI is InChI=1S/C24H22FN3O6S/c1-28(15-23(29)26-19-4-2-3-17(25)13-19)24(30)16-5-7-18(8-6-16)27-35(31,32)20-9-10-21-22(14-20)34-12-11-33-21/h2-10,13-14,27H,11-12,15H2,1H3,(H,26,29). The molecule has 0 bridgehead atoms. The molecule has 9 nitrogen and oxygen atoms in total. The van der Waals surface area contributed by atoms with E-state index in [-0.39, 0.29) is 28.4 Å². The zero-order valence-corrected chi connectivity index (χ0v) is 19.5. The van der Waals surface area contributed by atoms with Crippen LogP contribution in [0.15, 0.2) is 71.6 Å². The molecule has 0 fully saturated rings. The van der Waals surface area contributed by atoms with Gasteiger partial charge in [-0.05, 0) is 54.6 Å². The van der Waals surface area contributed by atoms with Gasteiger partial charge in [-0.2, -0.15) is 0 Å². The third kappa shape index (κ3) is 5.87. The Labute approximate surface area is 201 Å². The van der Waals surface area contributed by atoms with Crippen LogP contribution in [0, 0.1) is 5.82 Å². The lowest BCUT2D eigenvalue weighted by atomic mass is 10.2. The number of likely N-dealkylation sites (N-methyl/N-ethyl adjacent to an activating group) is 1. The van der Waals surface area contributed by atoms with Crippen LogP contribution in [0.25, 0.3) is 0 Å². The number of sulfonamides is 1.